The molecule has 0 saturated carbocycles. The van der Waals surface area contributed by atoms with Crippen molar-refractivity contribution in [1.29, 1.82) is 0 Å². The van der Waals surface area contributed by atoms with Crippen LogP contribution in [0.3, 0.4) is 0 Å². The molecule has 0 aliphatic carbocycles. The minimum Gasteiger partial charge on any atom is -0.361 e. The molecule has 1 heterocycles. The van der Waals surface area contributed by atoms with Gasteiger partial charge in [0.2, 0.25) is 0 Å². The molecule has 7 heteroatoms. The highest BCUT2D eigenvalue weighted by Gasteiger charge is 2.27. The summed E-state index contributed by atoms with van der Waals surface area (Å²) >= 11 is -0.145. The van der Waals surface area contributed by atoms with Crippen LogP contribution in [0.1, 0.15) is 10.4 Å². The lowest BCUT2D eigenvalue weighted by atomic mass is 10.1. The van der Waals surface area contributed by atoms with E-state index in [1.807, 2.05) is 6.07 Å². The van der Waals surface area contributed by atoms with Crippen molar-refractivity contribution in [2.45, 2.75) is 5.51 Å². The van der Waals surface area contributed by atoms with Gasteiger partial charge in [0.05, 0.1) is 0 Å². The Labute approximate surface area is 111 Å². The molecule has 0 aliphatic rings. The first-order valence-corrected chi connectivity index (χ1v) is 6.51. The molecule has 0 saturated heterocycles. The SMILES string of the molecule is O=C(NCCSC(F)(F)F)c1cccc2[nH]ccc12. The van der Waals surface area contributed by atoms with Crippen molar-refractivity contribution < 1.29 is 18.0 Å². The summed E-state index contributed by atoms with van der Waals surface area (Å²) < 4.78 is 35.7. The van der Waals surface area contributed by atoms with Crippen LogP contribution in [0.15, 0.2) is 30.5 Å². The van der Waals surface area contributed by atoms with Crippen LogP contribution in [0.4, 0.5) is 13.2 Å². The number of H-pyrrole nitrogens is 1. The van der Waals surface area contributed by atoms with Gasteiger partial charge >= 0.3 is 5.51 Å². The van der Waals surface area contributed by atoms with Gasteiger partial charge in [-0.25, -0.2) is 0 Å². The van der Waals surface area contributed by atoms with Crippen molar-refractivity contribution >= 4 is 28.6 Å². The number of carbonyl (C=O) groups excluding carboxylic acids is 1. The van der Waals surface area contributed by atoms with E-state index in [2.05, 4.69) is 10.3 Å². The standard InChI is InChI=1S/C12H11F3N2OS/c13-12(14,15)19-7-6-17-11(18)9-2-1-3-10-8(9)4-5-16-10/h1-5,16H,6-7H2,(H,17,18). The Morgan fingerprint density at radius 1 is 1.32 bits per heavy atom. The minimum absolute atomic E-state index is 0.0240. The van der Waals surface area contributed by atoms with Crippen molar-refractivity contribution in [1.82, 2.24) is 10.3 Å². The Morgan fingerprint density at radius 2 is 2.11 bits per heavy atom. The minimum atomic E-state index is -4.26. The number of thioether (sulfide) groups is 1. The predicted octanol–water partition coefficient (Wildman–Crippen LogP) is 3.15. The third kappa shape index (κ3) is 3.66. The molecular weight excluding hydrogens is 277 g/mol. The van der Waals surface area contributed by atoms with Gasteiger partial charge in [0.15, 0.2) is 0 Å². The second-order valence-corrected chi connectivity index (χ2v) is 4.95. The number of benzene rings is 1. The van der Waals surface area contributed by atoms with Gasteiger partial charge in [0, 0.05) is 35.0 Å². The lowest BCUT2D eigenvalue weighted by molar-refractivity contribution is -0.0327. The van der Waals surface area contributed by atoms with Crippen LogP contribution >= 0.6 is 11.8 Å². The van der Waals surface area contributed by atoms with E-state index in [0.717, 1.165) is 10.9 Å². The Morgan fingerprint density at radius 3 is 2.84 bits per heavy atom. The van der Waals surface area contributed by atoms with Crippen LogP contribution in [0.25, 0.3) is 10.9 Å². The first-order chi connectivity index (χ1) is 8.97. The van der Waals surface area contributed by atoms with Gasteiger partial charge in [-0.2, -0.15) is 13.2 Å². The van der Waals surface area contributed by atoms with Crippen molar-refractivity contribution in [3.63, 3.8) is 0 Å². The molecule has 0 bridgehead atoms. The van der Waals surface area contributed by atoms with E-state index in [1.165, 1.54) is 0 Å². The van der Waals surface area contributed by atoms with Crippen LogP contribution in [0.2, 0.25) is 0 Å². The van der Waals surface area contributed by atoms with Gasteiger partial charge in [-0.3, -0.25) is 4.79 Å². The van der Waals surface area contributed by atoms with Crippen molar-refractivity contribution in [3.8, 4) is 0 Å². The van der Waals surface area contributed by atoms with Crippen LogP contribution in [0.5, 0.6) is 0 Å². The molecule has 0 aliphatic heterocycles. The number of carbonyl (C=O) groups is 1. The Hall–Kier alpha value is -1.63. The van der Waals surface area contributed by atoms with Gasteiger partial charge in [0.25, 0.3) is 5.91 Å². The average Bonchev–Trinajstić information content (AvgIpc) is 2.81. The molecule has 1 aromatic carbocycles. The largest absolute Gasteiger partial charge is 0.441 e. The number of nitrogens with one attached hydrogen (secondary N) is 2. The van der Waals surface area contributed by atoms with Crippen molar-refractivity contribution in [2.24, 2.45) is 0 Å². The summed E-state index contributed by atoms with van der Waals surface area (Å²) in [6, 6.07) is 6.95. The molecule has 2 N–H and O–H groups in total. The fourth-order valence-corrected chi connectivity index (χ4v) is 2.15. The van der Waals surface area contributed by atoms with E-state index in [-0.39, 0.29) is 30.0 Å². The van der Waals surface area contributed by atoms with Crippen molar-refractivity contribution in [2.75, 3.05) is 12.3 Å². The van der Waals surface area contributed by atoms with E-state index in [4.69, 9.17) is 0 Å². The Bertz CT molecular complexity index is 580. The van der Waals surface area contributed by atoms with E-state index in [0.29, 0.717) is 5.56 Å². The number of halogens is 3. The van der Waals surface area contributed by atoms with Gasteiger partial charge in [0.1, 0.15) is 0 Å². The zero-order valence-corrected chi connectivity index (χ0v) is 10.6. The molecule has 0 unspecified atom stereocenters. The van der Waals surface area contributed by atoms with Gasteiger partial charge in [-0.1, -0.05) is 6.07 Å². The fraction of sp³-hybridized carbons (Fsp3) is 0.250. The summed E-state index contributed by atoms with van der Waals surface area (Å²) in [5.74, 6) is -0.564. The lowest BCUT2D eigenvalue weighted by Crippen LogP contribution is -2.26. The summed E-state index contributed by atoms with van der Waals surface area (Å²) in [6.45, 7) is -0.0240. The third-order valence-corrected chi connectivity index (χ3v) is 3.23. The van der Waals surface area contributed by atoms with Gasteiger partial charge in [-0.05, 0) is 30.0 Å². The van der Waals surface area contributed by atoms with Crippen LogP contribution in [-0.4, -0.2) is 28.7 Å². The highest BCUT2D eigenvalue weighted by atomic mass is 32.2. The molecule has 0 spiro atoms. The second kappa shape index (κ2) is 5.56. The number of hydrogen-bond acceptors (Lipinski definition) is 2. The van der Waals surface area contributed by atoms with Crippen LogP contribution in [-0.2, 0) is 0 Å². The zero-order chi connectivity index (χ0) is 13.9. The Kier molecular flexibility index (Phi) is 4.04. The summed E-state index contributed by atoms with van der Waals surface area (Å²) in [6.07, 6.45) is 1.71. The number of rotatable bonds is 4. The maximum Gasteiger partial charge on any atom is 0.441 e. The molecular formula is C12H11F3N2OS. The van der Waals surface area contributed by atoms with E-state index in [9.17, 15) is 18.0 Å². The second-order valence-electron chi connectivity index (χ2n) is 3.79. The Balaban J connectivity index is 1.95. The first-order valence-electron chi connectivity index (χ1n) is 5.52. The monoisotopic (exact) mass is 288 g/mol. The van der Waals surface area contributed by atoms with E-state index < -0.39 is 5.51 Å². The summed E-state index contributed by atoms with van der Waals surface area (Å²) in [5.41, 5.74) is -2.99. The quantitative estimate of drug-likeness (QED) is 0.849. The van der Waals surface area contributed by atoms with Crippen LogP contribution < -0.4 is 5.32 Å². The number of aromatic amines is 1. The normalized spacial score (nSPS) is 11.7. The molecule has 102 valence electrons. The average molecular weight is 288 g/mol. The lowest BCUT2D eigenvalue weighted by Gasteiger charge is -2.07. The molecule has 1 amide bonds. The molecule has 0 fully saturated rings. The van der Waals surface area contributed by atoms with E-state index >= 15 is 0 Å². The number of amides is 1. The zero-order valence-electron chi connectivity index (χ0n) is 9.75. The van der Waals surface area contributed by atoms with Crippen LogP contribution in [0, 0.1) is 0 Å². The number of aromatic nitrogens is 1. The number of fused-ring (bicyclic) bond motifs is 1. The molecule has 2 rings (SSSR count). The number of alkyl halides is 3. The summed E-state index contributed by atoms with van der Waals surface area (Å²) in [5, 5.41) is 3.23. The summed E-state index contributed by atoms with van der Waals surface area (Å²) in [7, 11) is 0. The molecule has 0 atom stereocenters. The molecule has 19 heavy (non-hydrogen) atoms. The summed E-state index contributed by atoms with van der Waals surface area (Å²) in [4.78, 5) is 14.8. The molecule has 2 aromatic rings. The van der Waals surface area contributed by atoms with Gasteiger partial charge in [-0.15, -0.1) is 0 Å². The highest BCUT2D eigenvalue weighted by Crippen LogP contribution is 2.29. The fourth-order valence-electron chi connectivity index (χ4n) is 1.71. The maximum absolute atomic E-state index is 11.9. The van der Waals surface area contributed by atoms with Crippen molar-refractivity contribution in [3.05, 3.63) is 36.0 Å². The third-order valence-electron chi connectivity index (χ3n) is 2.49. The maximum atomic E-state index is 11.9. The number of hydrogen-bond donors (Lipinski definition) is 2. The smallest absolute Gasteiger partial charge is 0.361 e. The topological polar surface area (TPSA) is 44.9 Å². The van der Waals surface area contributed by atoms with Gasteiger partial charge < -0.3 is 10.3 Å². The molecule has 0 radical (unpaired) electrons. The predicted molar refractivity (Wildman–Crippen MR) is 69.1 cm³/mol. The molecule has 3 nitrogen and oxygen atoms in total. The molecule has 1 aromatic heterocycles. The van der Waals surface area contributed by atoms with E-state index in [1.54, 1.807) is 24.4 Å². The first kappa shape index (κ1) is 13.8. The highest BCUT2D eigenvalue weighted by molar-refractivity contribution is 8.00.